The van der Waals surface area contributed by atoms with Crippen molar-refractivity contribution in [2.24, 2.45) is 0 Å². The van der Waals surface area contributed by atoms with Gasteiger partial charge in [0.1, 0.15) is 0 Å². The summed E-state index contributed by atoms with van der Waals surface area (Å²) in [7, 11) is 0. The molecule has 0 aliphatic heterocycles. The zero-order valence-corrected chi connectivity index (χ0v) is 13.2. The number of rotatable bonds is 7. The molecule has 2 aromatic heterocycles. The minimum atomic E-state index is -0.360. The van der Waals surface area contributed by atoms with Crippen LogP contribution in [0.1, 0.15) is 30.7 Å². The molecular weight excluding hydrogens is 306 g/mol. The first kappa shape index (κ1) is 16.1. The van der Waals surface area contributed by atoms with E-state index in [-0.39, 0.29) is 5.91 Å². The topological polar surface area (TPSA) is 92.9 Å². The van der Waals surface area contributed by atoms with Gasteiger partial charge in [0.05, 0.1) is 23.4 Å². The summed E-state index contributed by atoms with van der Waals surface area (Å²) in [6, 6.07) is 12.1. The Kier molecular flexibility index (Phi) is 5.12. The number of hydrogen-bond acceptors (Lipinski definition) is 5. The van der Waals surface area contributed by atoms with Gasteiger partial charge in [-0.05, 0) is 31.4 Å². The Balaban J connectivity index is 1.56. The van der Waals surface area contributed by atoms with Gasteiger partial charge in [-0.15, -0.1) is 5.10 Å². The summed E-state index contributed by atoms with van der Waals surface area (Å²) >= 11 is 0. The first-order valence-corrected chi connectivity index (χ1v) is 7.91. The molecule has 2 N–H and O–H groups in total. The Hall–Kier alpha value is -2.80. The lowest BCUT2D eigenvalue weighted by Crippen LogP contribution is -2.17. The second-order valence-corrected chi connectivity index (χ2v) is 5.64. The van der Waals surface area contributed by atoms with Crippen molar-refractivity contribution in [3.8, 4) is 0 Å². The molecule has 3 rings (SSSR count). The number of nitrogens with one attached hydrogen (secondary N) is 1. The van der Waals surface area contributed by atoms with Gasteiger partial charge in [0.25, 0.3) is 0 Å². The number of carbonyl (C=O) groups excluding carboxylic acids is 1. The van der Waals surface area contributed by atoms with Gasteiger partial charge in [0.2, 0.25) is 5.91 Å². The van der Waals surface area contributed by atoms with E-state index in [0.29, 0.717) is 19.4 Å². The number of benzene rings is 1. The van der Waals surface area contributed by atoms with Crippen molar-refractivity contribution in [3.63, 3.8) is 0 Å². The summed E-state index contributed by atoms with van der Waals surface area (Å²) in [5.74, 6) is -0.360. The standard InChI is InChI=1S/C17H19N5O2/c23-17(20-24)8-4-2-6-15-12-22(21-19-15)11-14-10-9-13-5-1-3-7-16(13)18-14/h1,3,5,7,9-10,12,24H,2,4,6,8,11H2,(H,20,23). The molecule has 0 bridgehead atoms. The fourth-order valence-electron chi connectivity index (χ4n) is 2.54. The summed E-state index contributed by atoms with van der Waals surface area (Å²) in [6.45, 7) is 0.574. The third-order valence-corrected chi connectivity index (χ3v) is 3.78. The van der Waals surface area contributed by atoms with Crippen LogP contribution in [-0.4, -0.2) is 31.1 Å². The zero-order chi connectivity index (χ0) is 16.8. The van der Waals surface area contributed by atoms with Gasteiger partial charge in [0, 0.05) is 18.0 Å². The van der Waals surface area contributed by atoms with E-state index in [0.717, 1.165) is 35.1 Å². The van der Waals surface area contributed by atoms with Crippen molar-refractivity contribution in [1.29, 1.82) is 0 Å². The molecular formula is C17H19N5O2. The summed E-state index contributed by atoms with van der Waals surface area (Å²) < 4.78 is 1.77. The SMILES string of the molecule is O=C(CCCCc1cn(Cc2ccc3ccccc3n2)nn1)NO. The normalized spacial score (nSPS) is 10.9. The Morgan fingerprint density at radius 2 is 2.00 bits per heavy atom. The van der Waals surface area contributed by atoms with Crippen molar-refractivity contribution in [2.75, 3.05) is 0 Å². The molecule has 0 radical (unpaired) electrons. The Bertz CT molecular complexity index is 830. The summed E-state index contributed by atoms with van der Waals surface area (Å²) in [5.41, 5.74) is 4.42. The number of fused-ring (bicyclic) bond motifs is 1. The first-order valence-electron chi connectivity index (χ1n) is 7.91. The molecule has 2 heterocycles. The van der Waals surface area contributed by atoms with Gasteiger partial charge in [0.15, 0.2) is 0 Å². The number of carbonyl (C=O) groups is 1. The van der Waals surface area contributed by atoms with Crippen LogP contribution in [0.25, 0.3) is 10.9 Å². The molecule has 1 amide bonds. The number of pyridine rings is 1. The van der Waals surface area contributed by atoms with Gasteiger partial charge in [-0.3, -0.25) is 15.0 Å². The minimum Gasteiger partial charge on any atom is -0.289 e. The highest BCUT2D eigenvalue weighted by molar-refractivity contribution is 5.78. The van der Waals surface area contributed by atoms with Crippen LogP contribution in [0.4, 0.5) is 0 Å². The highest BCUT2D eigenvalue weighted by Gasteiger charge is 2.05. The van der Waals surface area contributed by atoms with Crippen LogP contribution in [-0.2, 0) is 17.8 Å². The maximum atomic E-state index is 10.9. The number of hydroxylamine groups is 1. The van der Waals surface area contributed by atoms with Crippen molar-refractivity contribution in [1.82, 2.24) is 25.5 Å². The smallest absolute Gasteiger partial charge is 0.243 e. The van der Waals surface area contributed by atoms with E-state index in [1.807, 2.05) is 36.5 Å². The molecule has 7 heteroatoms. The molecule has 124 valence electrons. The Morgan fingerprint density at radius 3 is 2.88 bits per heavy atom. The molecule has 0 saturated heterocycles. The van der Waals surface area contributed by atoms with Gasteiger partial charge >= 0.3 is 0 Å². The van der Waals surface area contributed by atoms with E-state index in [1.54, 1.807) is 10.2 Å². The van der Waals surface area contributed by atoms with Gasteiger partial charge < -0.3 is 0 Å². The average molecular weight is 325 g/mol. The summed E-state index contributed by atoms with van der Waals surface area (Å²) in [5, 5.41) is 17.8. The third kappa shape index (κ3) is 4.14. The fourth-order valence-corrected chi connectivity index (χ4v) is 2.54. The molecule has 0 atom stereocenters. The van der Waals surface area contributed by atoms with Crippen LogP contribution in [0.2, 0.25) is 0 Å². The van der Waals surface area contributed by atoms with Crippen molar-refractivity contribution >= 4 is 16.8 Å². The molecule has 0 unspecified atom stereocenters. The molecule has 24 heavy (non-hydrogen) atoms. The molecule has 0 aliphatic carbocycles. The number of nitrogens with zero attached hydrogens (tertiary/aromatic N) is 4. The quantitative estimate of drug-likeness (QED) is 0.394. The highest BCUT2D eigenvalue weighted by atomic mass is 16.5. The van der Waals surface area contributed by atoms with Crippen molar-refractivity contribution < 1.29 is 10.0 Å². The highest BCUT2D eigenvalue weighted by Crippen LogP contribution is 2.12. The predicted octanol–water partition coefficient (Wildman–Crippen LogP) is 2.09. The van der Waals surface area contributed by atoms with Crippen LogP contribution in [0.3, 0.4) is 0 Å². The van der Waals surface area contributed by atoms with E-state index in [2.05, 4.69) is 21.4 Å². The monoisotopic (exact) mass is 325 g/mol. The van der Waals surface area contributed by atoms with Crippen LogP contribution in [0.5, 0.6) is 0 Å². The minimum absolute atomic E-state index is 0.311. The number of amides is 1. The molecule has 0 saturated carbocycles. The van der Waals surface area contributed by atoms with Gasteiger partial charge in [-0.1, -0.05) is 29.5 Å². The van der Waals surface area contributed by atoms with Crippen molar-refractivity contribution in [3.05, 3.63) is 54.0 Å². The maximum absolute atomic E-state index is 10.9. The number of hydrogen-bond donors (Lipinski definition) is 2. The molecule has 0 aliphatic rings. The third-order valence-electron chi connectivity index (χ3n) is 3.78. The first-order chi connectivity index (χ1) is 11.7. The average Bonchev–Trinajstić information content (AvgIpc) is 3.05. The number of aryl methyl sites for hydroxylation is 1. The van der Waals surface area contributed by atoms with E-state index < -0.39 is 0 Å². The van der Waals surface area contributed by atoms with E-state index in [1.165, 1.54) is 0 Å². The molecule has 1 aromatic carbocycles. The number of unbranched alkanes of at least 4 members (excludes halogenated alkanes) is 1. The number of para-hydroxylation sites is 1. The Morgan fingerprint density at radius 1 is 1.12 bits per heavy atom. The second kappa shape index (κ2) is 7.65. The lowest BCUT2D eigenvalue weighted by atomic mass is 10.1. The molecule has 0 fully saturated rings. The van der Waals surface area contributed by atoms with E-state index >= 15 is 0 Å². The lowest BCUT2D eigenvalue weighted by molar-refractivity contribution is -0.129. The molecule has 0 spiro atoms. The summed E-state index contributed by atoms with van der Waals surface area (Å²) in [4.78, 5) is 15.6. The molecule has 7 nitrogen and oxygen atoms in total. The van der Waals surface area contributed by atoms with Crippen molar-refractivity contribution in [2.45, 2.75) is 32.2 Å². The van der Waals surface area contributed by atoms with Crippen LogP contribution in [0.15, 0.2) is 42.6 Å². The largest absolute Gasteiger partial charge is 0.289 e. The fraction of sp³-hybridized carbons (Fsp3) is 0.294. The van der Waals surface area contributed by atoms with Crippen LogP contribution < -0.4 is 5.48 Å². The van der Waals surface area contributed by atoms with Crippen LogP contribution >= 0.6 is 0 Å². The lowest BCUT2D eigenvalue weighted by Gasteiger charge is -2.02. The number of aromatic nitrogens is 4. The van der Waals surface area contributed by atoms with E-state index in [9.17, 15) is 4.79 Å². The van der Waals surface area contributed by atoms with Gasteiger partial charge in [-0.2, -0.15) is 0 Å². The Labute approximate surface area is 139 Å². The molecule has 3 aromatic rings. The summed E-state index contributed by atoms with van der Waals surface area (Å²) in [6.07, 6.45) is 4.49. The zero-order valence-electron chi connectivity index (χ0n) is 13.2. The van der Waals surface area contributed by atoms with E-state index in [4.69, 9.17) is 5.21 Å². The van der Waals surface area contributed by atoms with Gasteiger partial charge in [-0.25, -0.2) is 10.2 Å². The van der Waals surface area contributed by atoms with Crippen LogP contribution in [0, 0.1) is 0 Å². The predicted molar refractivity (Wildman–Crippen MR) is 88.4 cm³/mol. The second-order valence-electron chi connectivity index (χ2n) is 5.64. The maximum Gasteiger partial charge on any atom is 0.243 e.